The van der Waals surface area contributed by atoms with Crippen LogP contribution in [0.3, 0.4) is 0 Å². The first-order valence-corrected chi connectivity index (χ1v) is 11.9. The van der Waals surface area contributed by atoms with Gasteiger partial charge in [0.2, 0.25) is 0 Å². The van der Waals surface area contributed by atoms with Crippen molar-refractivity contribution < 1.29 is 33.0 Å². The van der Waals surface area contributed by atoms with Crippen molar-refractivity contribution in [3.8, 4) is 11.3 Å². The van der Waals surface area contributed by atoms with Crippen LogP contribution in [0.4, 0.5) is 18.9 Å². The second-order valence-electron chi connectivity index (χ2n) is 8.92. The van der Waals surface area contributed by atoms with E-state index in [0.29, 0.717) is 18.2 Å². The summed E-state index contributed by atoms with van der Waals surface area (Å²) in [6.07, 6.45) is 0.671. The first-order valence-electron chi connectivity index (χ1n) is 11.9. The van der Waals surface area contributed by atoms with E-state index in [1.165, 1.54) is 50.5 Å². The van der Waals surface area contributed by atoms with E-state index in [2.05, 4.69) is 26.9 Å². The molecule has 1 aromatic carbocycles. The first kappa shape index (κ1) is 27.3. The number of halogens is 3. The Morgan fingerprint density at radius 3 is 2.19 bits per heavy atom. The number of H-pyrrole nitrogens is 1. The number of nitrogens with one attached hydrogen (secondary N) is 1. The van der Waals surface area contributed by atoms with Crippen molar-refractivity contribution in [3.63, 3.8) is 0 Å². The van der Waals surface area contributed by atoms with Gasteiger partial charge in [-0.15, -0.1) is 0 Å². The number of carbonyl (C=O) groups is 2. The lowest BCUT2D eigenvalue weighted by Crippen LogP contribution is -2.39. The zero-order valence-electron chi connectivity index (χ0n) is 20.0. The topological polar surface area (TPSA) is 114 Å². The van der Waals surface area contributed by atoms with Crippen LogP contribution in [0.5, 0.6) is 0 Å². The molecule has 2 saturated heterocycles. The Morgan fingerprint density at radius 1 is 1.06 bits per heavy atom. The second kappa shape index (κ2) is 11.6. The fourth-order valence-electron chi connectivity index (χ4n) is 4.72. The van der Waals surface area contributed by atoms with Gasteiger partial charge in [-0.1, -0.05) is 19.1 Å². The molecule has 4 rings (SSSR count). The van der Waals surface area contributed by atoms with Crippen molar-refractivity contribution in [3.05, 3.63) is 51.8 Å². The van der Waals surface area contributed by atoms with Crippen LogP contribution in [0.25, 0.3) is 11.3 Å². The minimum absolute atomic E-state index is 0.205. The van der Waals surface area contributed by atoms with Gasteiger partial charge in [0.05, 0.1) is 5.69 Å². The number of aromatic nitrogens is 1. The number of pyridine rings is 1. The van der Waals surface area contributed by atoms with E-state index in [1.54, 1.807) is 0 Å². The van der Waals surface area contributed by atoms with Gasteiger partial charge in [-0.3, -0.25) is 4.79 Å². The summed E-state index contributed by atoms with van der Waals surface area (Å²) in [5.41, 5.74) is 2.92. The number of carboxylic acid groups (broad SMARTS) is 2. The number of hydrogen-bond acceptors (Lipinski definition) is 5. The van der Waals surface area contributed by atoms with E-state index in [0.717, 1.165) is 24.2 Å². The number of likely N-dealkylation sites (tertiary alicyclic amines) is 1. The Hall–Kier alpha value is -3.34. The van der Waals surface area contributed by atoms with E-state index in [4.69, 9.17) is 9.90 Å². The summed E-state index contributed by atoms with van der Waals surface area (Å²) in [4.78, 5) is 40.2. The highest BCUT2D eigenvalue weighted by Gasteiger charge is 2.38. The molecular formula is C25H30F3N3O5. The van der Waals surface area contributed by atoms with Crippen LogP contribution in [-0.4, -0.2) is 70.4 Å². The molecule has 196 valence electrons. The van der Waals surface area contributed by atoms with Crippen molar-refractivity contribution in [2.24, 2.45) is 0 Å². The molecule has 11 heteroatoms. The maximum atomic E-state index is 12.2. The largest absolute Gasteiger partial charge is 0.490 e. The monoisotopic (exact) mass is 509 g/mol. The van der Waals surface area contributed by atoms with E-state index in [1.807, 2.05) is 19.1 Å². The van der Waals surface area contributed by atoms with Gasteiger partial charge in [-0.2, -0.15) is 13.2 Å². The molecule has 3 N–H and O–H groups in total. The Balaban J connectivity index is 0.000000454. The zero-order chi connectivity index (χ0) is 26.5. The summed E-state index contributed by atoms with van der Waals surface area (Å²) in [6.45, 7) is 6.64. The number of alkyl halides is 3. The Kier molecular flexibility index (Phi) is 8.78. The van der Waals surface area contributed by atoms with Gasteiger partial charge in [-0.05, 0) is 74.5 Å². The average Bonchev–Trinajstić information content (AvgIpc) is 3.51. The van der Waals surface area contributed by atoms with Gasteiger partial charge in [0, 0.05) is 24.8 Å². The van der Waals surface area contributed by atoms with E-state index >= 15 is 0 Å². The molecule has 0 radical (unpaired) electrons. The Labute approximate surface area is 206 Å². The average molecular weight is 510 g/mol. The standard InChI is InChI=1S/C23H29N3O3.C2HF3O2/c1-2-16-14-20(23(28)29)22(27)24-21(16)17-7-9-18(10-8-17)26-13-5-6-19(26)15-25-11-3-4-12-25;3-2(4,5)1(6)7/h7-10,14,19H,2-6,11-13,15H2,1H3,(H,24,27)(H,28,29);(H,6,7)/t19-;/m0./s1. The maximum absolute atomic E-state index is 12.2. The van der Waals surface area contributed by atoms with Crippen LogP contribution in [0.15, 0.2) is 35.1 Å². The number of hydrogen-bond donors (Lipinski definition) is 3. The molecule has 0 amide bonds. The zero-order valence-corrected chi connectivity index (χ0v) is 20.0. The van der Waals surface area contributed by atoms with Crippen molar-refractivity contribution in [2.45, 2.75) is 51.2 Å². The number of aromatic amines is 1. The lowest BCUT2D eigenvalue weighted by molar-refractivity contribution is -0.192. The third-order valence-electron chi connectivity index (χ3n) is 6.51. The molecule has 0 bridgehead atoms. The molecule has 0 unspecified atom stereocenters. The number of rotatable bonds is 6. The van der Waals surface area contributed by atoms with Gasteiger partial charge >= 0.3 is 18.1 Å². The Morgan fingerprint density at radius 2 is 1.67 bits per heavy atom. The molecule has 0 spiro atoms. The molecule has 0 aliphatic carbocycles. The lowest BCUT2D eigenvalue weighted by atomic mass is 10.0. The molecule has 2 aromatic rings. The minimum Gasteiger partial charge on any atom is -0.477 e. The predicted octanol–water partition coefficient (Wildman–Crippen LogP) is 4.00. The fourth-order valence-corrected chi connectivity index (χ4v) is 4.72. The van der Waals surface area contributed by atoms with E-state index < -0.39 is 23.7 Å². The minimum atomic E-state index is -5.08. The van der Waals surface area contributed by atoms with Gasteiger partial charge < -0.3 is 25.0 Å². The molecule has 0 saturated carbocycles. The van der Waals surface area contributed by atoms with Crippen molar-refractivity contribution >= 4 is 17.6 Å². The van der Waals surface area contributed by atoms with Crippen LogP contribution in [0, 0.1) is 0 Å². The van der Waals surface area contributed by atoms with Crippen LogP contribution in [0.2, 0.25) is 0 Å². The van der Waals surface area contributed by atoms with Crippen molar-refractivity contribution in [2.75, 3.05) is 31.1 Å². The van der Waals surface area contributed by atoms with Crippen molar-refractivity contribution in [1.29, 1.82) is 0 Å². The van der Waals surface area contributed by atoms with Gasteiger partial charge in [0.25, 0.3) is 5.56 Å². The summed E-state index contributed by atoms with van der Waals surface area (Å²) in [7, 11) is 0. The number of aromatic carboxylic acids is 1. The SMILES string of the molecule is CCc1cc(C(=O)O)c(=O)[nH]c1-c1ccc(N2CCC[C@H]2CN2CCCC2)cc1.O=C(O)C(F)(F)F. The molecule has 2 fully saturated rings. The highest BCUT2D eigenvalue weighted by atomic mass is 19.4. The first-order chi connectivity index (χ1) is 17.0. The summed E-state index contributed by atoms with van der Waals surface area (Å²) in [5, 5.41) is 16.3. The number of nitrogens with zero attached hydrogens (tertiary/aromatic N) is 2. The van der Waals surface area contributed by atoms with Crippen LogP contribution < -0.4 is 10.5 Å². The summed E-state index contributed by atoms with van der Waals surface area (Å²) in [6, 6.07) is 10.4. The van der Waals surface area contributed by atoms with Crippen molar-refractivity contribution in [1.82, 2.24) is 9.88 Å². The third-order valence-corrected chi connectivity index (χ3v) is 6.51. The van der Waals surface area contributed by atoms with E-state index in [-0.39, 0.29) is 5.56 Å². The van der Waals surface area contributed by atoms with Crippen LogP contribution in [-0.2, 0) is 11.2 Å². The normalized spacial score (nSPS) is 18.1. The second-order valence-corrected chi connectivity index (χ2v) is 8.92. The fraction of sp³-hybridized carbons (Fsp3) is 0.480. The van der Waals surface area contributed by atoms with Crippen LogP contribution in [0.1, 0.15) is 48.5 Å². The maximum Gasteiger partial charge on any atom is 0.490 e. The number of aryl methyl sites for hydroxylation is 1. The predicted molar refractivity (Wildman–Crippen MR) is 129 cm³/mol. The number of benzene rings is 1. The molecule has 36 heavy (non-hydrogen) atoms. The number of anilines is 1. The molecule has 1 aromatic heterocycles. The number of carboxylic acids is 2. The third kappa shape index (κ3) is 6.66. The molecule has 2 aliphatic rings. The highest BCUT2D eigenvalue weighted by Crippen LogP contribution is 2.30. The van der Waals surface area contributed by atoms with Gasteiger partial charge in [0.1, 0.15) is 5.56 Å². The molecule has 2 aliphatic heterocycles. The molecule has 1 atom stereocenters. The number of aliphatic carboxylic acids is 1. The molecular weight excluding hydrogens is 479 g/mol. The smallest absolute Gasteiger partial charge is 0.477 e. The highest BCUT2D eigenvalue weighted by molar-refractivity contribution is 5.88. The summed E-state index contributed by atoms with van der Waals surface area (Å²) < 4.78 is 31.7. The quantitative estimate of drug-likeness (QED) is 0.539. The molecule has 8 nitrogen and oxygen atoms in total. The summed E-state index contributed by atoms with van der Waals surface area (Å²) >= 11 is 0. The lowest BCUT2D eigenvalue weighted by Gasteiger charge is -2.30. The van der Waals surface area contributed by atoms with Gasteiger partial charge in [-0.25, -0.2) is 9.59 Å². The Bertz CT molecular complexity index is 1130. The van der Waals surface area contributed by atoms with Gasteiger partial charge in [0.15, 0.2) is 0 Å². The molecule has 3 heterocycles. The summed E-state index contributed by atoms with van der Waals surface area (Å²) in [5.74, 6) is -3.95. The van der Waals surface area contributed by atoms with E-state index in [9.17, 15) is 27.9 Å². The van der Waals surface area contributed by atoms with Crippen LogP contribution >= 0.6 is 0 Å².